The first-order valence-electron chi connectivity index (χ1n) is 14.7. The first-order chi connectivity index (χ1) is 18.5. The average molecular weight is 528 g/mol. The molecule has 2 aromatic carbocycles. The van der Waals surface area contributed by atoms with Gasteiger partial charge >= 0.3 is 0 Å². The Balaban J connectivity index is 1.19. The van der Waals surface area contributed by atoms with Gasteiger partial charge in [-0.15, -0.1) is 0 Å². The number of hydrogen-bond donors (Lipinski definition) is 1. The largest absolute Gasteiger partial charge is 0.353 e. The Kier molecular flexibility index (Phi) is 6.15. The van der Waals surface area contributed by atoms with Crippen LogP contribution in [0, 0.1) is 23.2 Å². The van der Waals surface area contributed by atoms with Gasteiger partial charge in [0.2, 0.25) is 5.91 Å². The van der Waals surface area contributed by atoms with Crippen LogP contribution >= 0.6 is 11.6 Å². The highest BCUT2D eigenvalue weighted by molar-refractivity contribution is 6.30. The summed E-state index contributed by atoms with van der Waals surface area (Å²) in [4.78, 5) is 13.9. The van der Waals surface area contributed by atoms with Crippen LogP contribution in [0.4, 0.5) is 0 Å². The second kappa shape index (κ2) is 9.55. The third kappa shape index (κ3) is 4.29. The molecule has 4 nitrogen and oxygen atoms in total. The monoisotopic (exact) mass is 527 g/mol. The van der Waals surface area contributed by atoms with Crippen LogP contribution in [0.25, 0.3) is 11.3 Å². The van der Waals surface area contributed by atoms with E-state index in [1.165, 1.54) is 49.7 Å². The molecule has 0 radical (unpaired) electrons. The van der Waals surface area contributed by atoms with Crippen LogP contribution in [0.15, 0.2) is 54.6 Å². The maximum absolute atomic E-state index is 13.9. The van der Waals surface area contributed by atoms with E-state index in [0.717, 1.165) is 59.0 Å². The van der Waals surface area contributed by atoms with Crippen LogP contribution in [0.5, 0.6) is 0 Å². The molecule has 4 fully saturated rings. The molecule has 198 valence electrons. The van der Waals surface area contributed by atoms with Crippen molar-refractivity contribution in [2.75, 3.05) is 0 Å². The summed E-state index contributed by atoms with van der Waals surface area (Å²) < 4.78 is 2.12. The Bertz CT molecular complexity index is 1290. The van der Waals surface area contributed by atoms with Gasteiger partial charge in [0, 0.05) is 22.2 Å². The van der Waals surface area contributed by atoms with Gasteiger partial charge < -0.3 is 5.32 Å². The highest BCUT2D eigenvalue weighted by Crippen LogP contribution is 2.61. The van der Waals surface area contributed by atoms with E-state index in [1.807, 2.05) is 18.2 Å². The standard InChI is InChI=1S/C33H38ClN3O/c1-21(33-17-23-14-24(18-33)16-25(15-23)19-33)35-32(38)29-9-5-8-28-30(29)36-37(20-22-6-3-2-4-7-22)31(28)26-10-12-27(34)13-11-26/h2-4,6-7,10-13,21,23-25,29H,5,8-9,14-20H2,1H3,(H,35,38)/t21?,23?,24?,25?,29-,33?/m1/s1. The molecular weight excluding hydrogens is 490 g/mol. The number of carbonyl (C=O) groups is 1. The topological polar surface area (TPSA) is 46.9 Å². The van der Waals surface area contributed by atoms with Crippen LogP contribution < -0.4 is 5.32 Å². The minimum atomic E-state index is -0.182. The molecule has 0 saturated heterocycles. The highest BCUT2D eigenvalue weighted by atomic mass is 35.5. The van der Waals surface area contributed by atoms with Gasteiger partial charge in [0.1, 0.15) is 0 Å². The first kappa shape index (κ1) is 24.5. The number of rotatable bonds is 6. The fourth-order valence-corrected chi connectivity index (χ4v) is 9.02. The average Bonchev–Trinajstić information content (AvgIpc) is 3.26. The predicted molar refractivity (Wildman–Crippen MR) is 152 cm³/mol. The summed E-state index contributed by atoms with van der Waals surface area (Å²) in [6, 6.07) is 18.8. The van der Waals surface area contributed by atoms with Crippen molar-refractivity contribution in [2.45, 2.75) is 83.2 Å². The summed E-state index contributed by atoms with van der Waals surface area (Å²) in [5.74, 6) is 2.66. The van der Waals surface area contributed by atoms with Gasteiger partial charge in [-0.25, -0.2) is 0 Å². The van der Waals surface area contributed by atoms with Gasteiger partial charge in [0.25, 0.3) is 0 Å². The Morgan fingerprint density at radius 1 is 1.03 bits per heavy atom. The van der Waals surface area contributed by atoms with E-state index in [9.17, 15) is 4.79 Å². The summed E-state index contributed by atoms with van der Waals surface area (Å²) in [6.07, 6.45) is 11.0. The van der Waals surface area contributed by atoms with Crippen LogP contribution in [0.3, 0.4) is 0 Å². The molecule has 3 aromatic rings. The van der Waals surface area contributed by atoms with Crippen LogP contribution in [0.2, 0.25) is 5.02 Å². The van der Waals surface area contributed by atoms with Crippen molar-refractivity contribution in [1.82, 2.24) is 15.1 Å². The summed E-state index contributed by atoms with van der Waals surface area (Å²) in [5.41, 5.74) is 5.97. The number of benzene rings is 2. The fourth-order valence-electron chi connectivity index (χ4n) is 8.90. The Morgan fingerprint density at radius 3 is 2.34 bits per heavy atom. The van der Waals surface area contributed by atoms with Crippen molar-refractivity contribution in [3.63, 3.8) is 0 Å². The zero-order valence-electron chi connectivity index (χ0n) is 22.3. The number of halogens is 1. The fraction of sp³-hybridized carbons (Fsp3) is 0.515. The zero-order valence-corrected chi connectivity index (χ0v) is 23.1. The third-order valence-electron chi connectivity index (χ3n) is 10.3. The third-order valence-corrected chi connectivity index (χ3v) is 10.6. The molecule has 1 amide bonds. The number of nitrogens with zero attached hydrogens (tertiary/aromatic N) is 2. The van der Waals surface area contributed by atoms with E-state index >= 15 is 0 Å². The van der Waals surface area contributed by atoms with Crippen molar-refractivity contribution >= 4 is 17.5 Å². The van der Waals surface area contributed by atoms with E-state index in [2.05, 4.69) is 53.3 Å². The SMILES string of the molecule is CC(NC(=O)[C@@H]1CCCc2c1nn(Cc1ccccc1)c2-c1ccc(Cl)cc1)C12CC3CC(CC(C3)C1)C2. The zero-order chi connectivity index (χ0) is 25.9. The van der Waals surface area contributed by atoms with Gasteiger partial charge in [-0.05, 0) is 106 Å². The summed E-state index contributed by atoms with van der Waals surface area (Å²) >= 11 is 6.24. The van der Waals surface area contributed by atoms with Gasteiger partial charge in [0.05, 0.1) is 23.9 Å². The molecule has 5 heteroatoms. The number of fused-ring (bicyclic) bond motifs is 1. The van der Waals surface area contributed by atoms with Crippen molar-refractivity contribution < 1.29 is 4.79 Å². The van der Waals surface area contributed by atoms with Crippen LogP contribution in [-0.2, 0) is 17.8 Å². The lowest BCUT2D eigenvalue weighted by Gasteiger charge is -2.59. The minimum absolute atomic E-state index is 0.182. The number of nitrogens with one attached hydrogen (secondary N) is 1. The number of amides is 1. The van der Waals surface area contributed by atoms with Crippen molar-refractivity contribution in [2.24, 2.45) is 23.2 Å². The Morgan fingerprint density at radius 2 is 1.68 bits per heavy atom. The molecule has 2 atom stereocenters. The second-order valence-electron chi connectivity index (χ2n) is 12.8. The molecule has 0 aliphatic heterocycles. The Labute approximate surface area is 231 Å². The number of aromatic nitrogens is 2. The summed E-state index contributed by atoms with van der Waals surface area (Å²) in [6.45, 7) is 2.98. The molecule has 1 N–H and O–H groups in total. The Hall–Kier alpha value is -2.59. The van der Waals surface area contributed by atoms with Gasteiger partial charge in [-0.2, -0.15) is 5.10 Å². The van der Waals surface area contributed by atoms with Crippen molar-refractivity contribution in [3.8, 4) is 11.3 Å². The van der Waals surface area contributed by atoms with Crippen molar-refractivity contribution in [3.05, 3.63) is 76.4 Å². The van der Waals surface area contributed by atoms with E-state index in [0.29, 0.717) is 12.0 Å². The summed E-state index contributed by atoms with van der Waals surface area (Å²) in [7, 11) is 0. The smallest absolute Gasteiger partial charge is 0.229 e. The second-order valence-corrected chi connectivity index (χ2v) is 13.3. The van der Waals surface area contributed by atoms with E-state index in [1.54, 1.807) is 0 Å². The van der Waals surface area contributed by atoms with E-state index < -0.39 is 0 Å². The summed E-state index contributed by atoms with van der Waals surface area (Å²) in [5, 5.41) is 9.47. The molecule has 5 aliphatic rings. The van der Waals surface area contributed by atoms with Gasteiger partial charge in [-0.3, -0.25) is 9.48 Å². The molecule has 5 aliphatic carbocycles. The first-order valence-corrected chi connectivity index (χ1v) is 15.0. The van der Waals surface area contributed by atoms with Crippen molar-refractivity contribution in [1.29, 1.82) is 0 Å². The quantitative estimate of drug-likeness (QED) is 0.363. The van der Waals surface area contributed by atoms with E-state index in [-0.39, 0.29) is 17.9 Å². The number of hydrogen-bond acceptors (Lipinski definition) is 2. The maximum atomic E-state index is 13.9. The van der Waals surface area contributed by atoms with E-state index in [4.69, 9.17) is 16.7 Å². The highest BCUT2D eigenvalue weighted by Gasteiger charge is 2.53. The normalized spacial score (nSPS) is 30.2. The lowest BCUT2D eigenvalue weighted by Crippen LogP contribution is -2.56. The molecule has 1 unspecified atom stereocenters. The van der Waals surface area contributed by atoms with Crippen LogP contribution in [-0.4, -0.2) is 21.7 Å². The molecule has 0 spiro atoms. The predicted octanol–water partition coefficient (Wildman–Crippen LogP) is 7.39. The molecule has 4 saturated carbocycles. The molecule has 1 heterocycles. The molecule has 38 heavy (non-hydrogen) atoms. The van der Waals surface area contributed by atoms with Gasteiger partial charge in [0.15, 0.2) is 0 Å². The van der Waals surface area contributed by atoms with Crippen LogP contribution in [0.1, 0.15) is 81.0 Å². The molecule has 4 bridgehead atoms. The number of carbonyl (C=O) groups excluding carboxylic acids is 1. The molecule has 1 aromatic heterocycles. The van der Waals surface area contributed by atoms with Gasteiger partial charge in [-0.1, -0.05) is 54.1 Å². The lowest BCUT2D eigenvalue weighted by atomic mass is 9.48. The maximum Gasteiger partial charge on any atom is 0.229 e. The molecular formula is C33H38ClN3O. The minimum Gasteiger partial charge on any atom is -0.353 e. The lowest BCUT2D eigenvalue weighted by molar-refractivity contribution is -0.127. The molecule has 8 rings (SSSR count).